The Morgan fingerprint density at radius 1 is 1.23 bits per heavy atom. The van der Waals surface area contributed by atoms with Crippen LogP contribution in [0.15, 0.2) is 41.4 Å². The molecular weight excluding hydrogens is 410 g/mol. The van der Waals surface area contributed by atoms with E-state index in [2.05, 4.69) is 4.99 Å². The van der Waals surface area contributed by atoms with Crippen molar-refractivity contribution >= 4 is 33.1 Å². The van der Waals surface area contributed by atoms with Crippen LogP contribution in [-0.4, -0.2) is 41.8 Å². The van der Waals surface area contributed by atoms with Gasteiger partial charge in [-0.2, -0.15) is 4.99 Å². The van der Waals surface area contributed by atoms with Crippen LogP contribution in [0.25, 0.3) is 10.2 Å². The topological polar surface area (TPSA) is 105 Å². The van der Waals surface area contributed by atoms with Crippen molar-refractivity contribution in [2.24, 2.45) is 4.99 Å². The van der Waals surface area contributed by atoms with Crippen LogP contribution in [0.4, 0.5) is 5.69 Å². The summed E-state index contributed by atoms with van der Waals surface area (Å²) < 4.78 is 19.0. The third-order valence-corrected chi connectivity index (χ3v) is 5.57. The van der Waals surface area contributed by atoms with Gasteiger partial charge < -0.3 is 18.8 Å². The second-order valence-electron chi connectivity index (χ2n) is 6.42. The molecule has 1 aliphatic heterocycles. The zero-order valence-corrected chi connectivity index (χ0v) is 17.0. The number of hydrogen-bond donors (Lipinski definition) is 0. The van der Waals surface area contributed by atoms with E-state index in [0.717, 1.165) is 5.52 Å². The molecule has 2 heterocycles. The lowest BCUT2D eigenvalue weighted by Gasteiger charge is -2.18. The molecule has 9 nitrogen and oxygen atoms in total. The number of amides is 1. The average molecular weight is 429 g/mol. The fraction of sp³-hybridized carbons (Fsp3) is 0.300. The highest BCUT2D eigenvalue weighted by Crippen LogP contribution is 2.31. The van der Waals surface area contributed by atoms with Crippen molar-refractivity contribution in [2.75, 3.05) is 26.4 Å². The Kier molecular flexibility index (Phi) is 5.77. The van der Waals surface area contributed by atoms with Gasteiger partial charge in [-0.1, -0.05) is 11.3 Å². The molecule has 0 unspecified atom stereocenters. The number of aromatic nitrogens is 1. The first-order valence-corrected chi connectivity index (χ1v) is 10.2. The molecule has 3 aromatic rings. The van der Waals surface area contributed by atoms with Crippen molar-refractivity contribution in [3.8, 4) is 11.5 Å². The lowest BCUT2D eigenvalue weighted by Crippen LogP contribution is -2.20. The quantitative estimate of drug-likeness (QED) is 0.339. The molecule has 0 saturated heterocycles. The van der Waals surface area contributed by atoms with Crippen LogP contribution in [0.1, 0.15) is 17.3 Å². The summed E-state index contributed by atoms with van der Waals surface area (Å²) in [5.41, 5.74) is 1.13. The van der Waals surface area contributed by atoms with Gasteiger partial charge in [0, 0.05) is 30.8 Å². The maximum atomic E-state index is 12.8. The maximum absolute atomic E-state index is 12.8. The zero-order chi connectivity index (χ0) is 21.1. The molecule has 1 aromatic heterocycles. The summed E-state index contributed by atoms with van der Waals surface area (Å²) >= 11 is 1.22. The number of nitrogens with zero attached hydrogens (tertiary/aromatic N) is 3. The molecule has 10 heteroatoms. The molecule has 0 atom stereocenters. The number of non-ortho nitro benzene ring substituents is 1. The highest BCUT2D eigenvalue weighted by atomic mass is 32.1. The number of carbonyl (C=O) groups is 1. The normalized spacial score (nSPS) is 13.6. The monoisotopic (exact) mass is 429 g/mol. The third kappa shape index (κ3) is 4.05. The van der Waals surface area contributed by atoms with E-state index in [1.807, 2.05) is 11.5 Å². The van der Waals surface area contributed by atoms with Gasteiger partial charge in [-0.05, 0) is 31.2 Å². The van der Waals surface area contributed by atoms with E-state index < -0.39 is 10.8 Å². The summed E-state index contributed by atoms with van der Waals surface area (Å²) in [6.45, 7) is 4.27. The smallest absolute Gasteiger partial charge is 0.279 e. The molecule has 4 rings (SSSR count). The Morgan fingerprint density at radius 3 is 2.80 bits per heavy atom. The van der Waals surface area contributed by atoms with Crippen molar-refractivity contribution in [1.82, 2.24) is 4.57 Å². The van der Waals surface area contributed by atoms with Crippen molar-refractivity contribution in [2.45, 2.75) is 13.5 Å². The first-order valence-electron chi connectivity index (χ1n) is 9.41. The molecule has 0 spiro atoms. The Balaban J connectivity index is 1.75. The van der Waals surface area contributed by atoms with Gasteiger partial charge in [0.1, 0.15) is 13.2 Å². The second-order valence-corrected chi connectivity index (χ2v) is 7.43. The SMILES string of the molecule is CCOCCn1c(=NC(=O)c2ccc3c(c2)OCCO3)sc2cc([N+](=O)[O-])ccc21. The second kappa shape index (κ2) is 8.64. The Morgan fingerprint density at radius 2 is 2.03 bits per heavy atom. The van der Waals surface area contributed by atoms with Gasteiger partial charge >= 0.3 is 0 Å². The largest absolute Gasteiger partial charge is 0.486 e. The average Bonchev–Trinajstić information content (AvgIpc) is 3.09. The van der Waals surface area contributed by atoms with Gasteiger partial charge in [-0.15, -0.1) is 0 Å². The van der Waals surface area contributed by atoms with Gasteiger partial charge in [-0.25, -0.2) is 0 Å². The number of fused-ring (bicyclic) bond motifs is 2. The summed E-state index contributed by atoms with van der Waals surface area (Å²) in [5.74, 6) is 0.676. The molecule has 1 aliphatic rings. The van der Waals surface area contributed by atoms with Crippen LogP contribution in [0, 0.1) is 10.1 Å². The van der Waals surface area contributed by atoms with E-state index in [0.29, 0.717) is 59.5 Å². The van der Waals surface area contributed by atoms with Crippen molar-refractivity contribution in [1.29, 1.82) is 0 Å². The number of hydrogen-bond acceptors (Lipinski definition) is 7. The van der Waals surface area contributed by atoms with Crippen molar-refractivity contribution < 1.29 is 23.9 Å². The molecule has 0 saturated carbocycles. The lowest BCUT2D eigenvalue weighted by atomic mass is 10.2. The summed E-state index contributed by atoms with van der Waals surface area (Å²) in [6.07, 6.45) is 0. The van der Waals surface area contributed by atoms with E-state index in [9.17, 15) is 14.9 Å². The number of benzene rings is 2. The van der Waals surface area contributed by atoms with Crippen molar-refractivity contribution in [3.05, 3.63) is 56.9 Å². The Hall–Kier alpha value is -3.24. The van der Waals surface area contributed by atoms with Crippen LogP contribution in [-0.2, 0) is 11.3 Å². The van der Waals surface area contributed by atoms with Gasteiger partial charge in [0.05, 0.1) is 21.7 Å². The predicted octanol–water partition coefficient (Wildman–Crippen LogP) is 3.16. The van der Waals surface area contributed by atoms with E-state index in [1.165, 1.54) is 23.5 Å². The Labute approximate surface area is 175 Å². The van der Waals surface area contributed by atoms with Crippen LogP contribution in [0.5, 0.6) is 11.5 Å². The van der Waals surface area contributed by atoms with Gasteiger partial charge in [0.25, 0.3) is 11.6 Å². The van der Waals surface area contributed by atoms with E-state index in [1.54, 1.807) is 24.3 Å². The molecule has 0 N–H and O–H groups in total. The standard InChI is InChI=1S/C20H19N3O6S/c1-2-27-8-7-22-15-5-4-14(23(25)26)12-18(15)30-20(22)21-19(24)13-3-6-16-17(11-13)29-10-9-28-16/h3-6,11-12H,2,7-10H2,1H3. The van der Waals surface area contributed by atoms with Gasteiger partial charge in [0.15, 0.2) is 16.3 Å². The molecular formula is C20H19N3O6S. The first kappa shape index (κ1) is 20.0. The highest BCUT2D eigenvalue weighted by molar-refractivity contribution is 7.16. The number of ether oxygens (including phenoxy) is 3. The van der Waals surface area contributed by atoms with Gasteiger partial charge in [-0.3, -0.25) is 14.9 Å². The minimum atomic E-state index is -0.444. The minimum absolute atomic E-state index is 0.00887. The number of nitro groups is 1. The number of carbonyl (C=O) groups excluding carboxylic acids is 1. The molecule has 30 heavy (non-hydrogen) atoms. The summed E-state index contributed by atoms with van der Waals surface area (Å²) in [6, 6.07) is 9.55. The number of nitro benzene ring substituents is 1. The lowest BCUT2D eigenvalue weighted by molar-refractivity contribution is -0.384. The fourth-order valence-corrected chi connectivity index (χ4v) is 4.19. The predicted molar refractivity (Wildman–Crippen MR) is 110 cm³/mol. The van der Waals surface area contributed by atoms with Crippen LogP contribution in [0.3, 0.4) is 0 Å². The van der Waals surface area contributed by atoms with E-state index in [-0.39, 0.29) is 5.69 Å². The number of rotatable bonds is 6. The molecule has 0 fully saturated rings. The maximum Gasteiger partial charge on any atom is 0.279 e. The molecule has 2 aromatic carbocycles. The fourth-order valence-electron chi connectivity index (χ4n) is 3.10. The number of thiazole rings is 1. The summed E-state index contributed by atoms with van der Waals surface area (Å²) in [4.78, 5) is 28.2. The molecule has 1 amide bonds. The summed E-state index contributed by atoms with van der Waals surface area (Å²) in [5, 5.41) is 11.1. The van der Waals surface area contributed by atoms with Crippen molar-refractivity contribution in [3.63, 3.8) is 0 Å². The van der Waals surface area contributed by atoms with E-state index in [4.69, 9.17) is 14.2 Å². The third-order valence-electron chi connectivity index (χ3n) is 4.53. The van der Waals surface area contributed by atoms with Crippen LogP contribution in [0.2, 0.25) is 0 Å². The van der Waals surface area contributed by atoms with Crippen LogP contribution >= 0.6 is 11.3 Å². The highest BCUT2D eigenvalue weighted by Gasteiger charge is 2.16. The first-order chi connectivity index (χ1) is 14.6. The van der Waals surface area contributed by atoms with E-state index >= 15 is 0 Å². The summed E-state index contributed by atoms with van der Waals surface area (Å²) in [7, 11) is 0. The molecule has 0 aliphatic carbocycles. The minimum Gasteiger partial charge on any atom is -0.486 e. The Bertz CT molecular complexity index is 1180. The molecule has 0 radical (unpaired) electrons. The molecule has 156 valence electrons. The zero-order valence-electron chi connectivity index (χ0n) is 16.2. The van der Waals surface area contributed by atoms with Gasteiger partial charge in [0.2, 0.25) is 0 Å². The van der Waals surface area contributed by atoms with Crippen LogP contribution < -0.4 is 14.3 Å². The molecule has 0 bridgehead atoms.